The van der Waals surface area contributed by atoms with Gasteiger partial charge in [0, 0.05) is 5.41 Å². The fourth-order valence-electron chi connectivity index (χ4n) is 2.10. The second-order valence-electron chi connectivity index (χ2n) is 3.47. The van der Waals surface area contributed by atoms with Gasteiger partial charge >= 0.3 is 0 Å². The number of ketones is 1. The van der Waals surface area contributed by atoms with Gasteiger partial charge in [-0.05, 0) is 19.3 Å². The largest absolute Gasteiger partial charge is 0.324 e. The number of Topliss-reactive ketones (excluding diaryl/α,β-unsaturated/α-hetero) is 1. The number of carbonyl (C=O) groups excluding carboxylic acids is 1. The Morgan fingerprint density at radius 2 is 2.00 bits per heavy atom. The molecule has 0 unspecified atom stereocenters. The minimum absolute atomic E-state index is 0.0191. The molecule has 0 atom stereocenters. The molecule has 0 radical (unpaired) electrons. The van der Waals surface area contributed by atoms with Gasteiger partial charge in [0.15, 0.2) is 5.78 Å². The van der Waals surface area contributed by atoms with Gasteiger partial charge in [-0.15, -0.1) is 0 Å². The molecule has 1 aliphatic carbocycles. The number of hydrogen-bond acceptors (Lipinski definition) is 2. The summed E-state index contributed by atoms with van der Waals surface area (Å²) in [6.45, 7) is 2.33. The molecule has 64 valence electrons. The maximum Gasteiger partial charge on any atom is 0.152 e. The van der Waals surface area contributed by atoms with Gasteiger partial charge in [0.05, 0.1) is 6.54 Å². The van der Waals surface area contributed by atoms with E-state index in [1.165, 1.54) is 12.8 Å². The molecular formula is C9H17NO. The van der Waals surface area contributed by atoms with Crippen molar-refractivity contribution in [2.45, 2.75) is 39.0 Å². The normalized spacial score (nSPS) is 22.0. The van der Waals surface area contributed by atoms with Crippen molar-refractivity contribution in [1.82, 2.24) is 0 Å². The van der Waals surface area contributed by atoms with Gasteiger partial charge in [-0.25, -0.2) is 0 Å². The monoisotopic (exact) mass is 155 g/mol. The maximum absolute atomic E-state index is 11.4. The van der Waals surface area contributed by atoms with E-state index in [-0.39, 0.29) is 17.7 Å². The Morgan fingerprint density at radius 1 is 1.45 bits per heavy atom. The van der Waals surface area contributed by atoms with Crippen molar-refractivity contribution in [3.8, 4) is 0 Å². The predicted molar refractivity (Wildman–Crippen MR) is 45.3 cm³/mol. The van der Waals surface area contributed by atoms with Gasteiger partial charge in [-0.3, -0.25) is 4.79 Å². The third-order valence-electron chi connectivity index (χ3n) is 3.01. The van der Waals surface area contributed by atoms with Crippen molar-refractivity contribution in [3.63, 3.8) is 0 Å². The van der Waals surface area contributed by atoms with Crippen molar-refractivity contribution >= 4 is 5.78 Å². The lowest BCUT2D eigenvalue weighted by molar-refractivity contribution is -0.127. The summed E-state index contributed by atoms with van der Waals surface area (Å²) >= 11 is 0. The summed E-state index contributed by atoms with van der Waals surface area (Å²) < 4.78 is 0. The van der Waals surface area contributed by atoms with Gasteiger partial charge in [0.25, 0.3) is 0 Å². The Bertz CT molecular complexity index is 148. The van der Waals surface area contributed by atoms with Crippen LogP contribution in [0.4, 0.5) is 0 Å². The zero-order valence-corrected chi connectivity index (χ0v) is 7.23. The second-order valence-corrected chi connectivity index (χ2v) is 3.47. The Morgan fingerprint density at radius 3 is 2.36 bits per heavy atom. The van der Waals surface area contributed by atoms with Crippen LogP contribution in [0.15, 0.2) is 0 Å². The summed E-state index contributed by atoms with van der Waals surface area (Å²) in [5, 5.41) is 0. The first-order valence-corrected chi connectivity index (χ1v) is 4.48. The van der Waals surface area contributed by atoms with E-state index in [0.29, 0.717) is 0 Å². The molecule has 1 rings (SSSR count). The van der Waals surface area contributed by atoms with Crippen LogP contribution in [0.25, 0.3) is 0 Å². The van der Waals surface area contributed by atoms with Crippen molar-refractivity contribution < 1.29 is 4.79 Å². The fourth-order valence-corrected chi connectivity index (χ4v) is 2.10. The van der Waals surface area contributed by atoms with Gasteiger partial charge in [0.1, 0.15) is 0 Å². The maximum atomic E-state index is 11.4. The van der Waals surface area contributed by atoms with Crippen molar-refractivity contribution in [2.24, 2.45) is 11.1 Å². The van der Waals surface area contributed by atoms with Gasteiger partial charge in [-0.2, -0.15) is 0 Å². The molecule has 0 aromatic rings. The third kappa shape index (κ3) is 1.45. The lowest BCUT2D eigenvalue weighted by atomic mass is 9.79. The first kappa shape index (κ1) is 8.72. The van der Waals surface area contributed by atoms with Crippen LogP contribution in [0.2, 0.25) is 0 Å². The highest BCUT2D eigenvalue weighted by Gasteiger charge is 2.37. The summed E-state index contributed by atoms with van der Waals surface area (Å²) in [6.07, 6.45) is 5.53. The zero-order chi connectivity index (χ0) is 8.32. The molecule has 0 aromatic carbocycles. The smallest absolute Gasteiger partial charge is 0.152 e. The van der Waals surface area contributed by atoms with Crippen molar-refractivity contribution in [2.75, 3.05) is 6.54 Å². The van der Waals surface area contributed by atoms with Crippen molar-refractivity contribution in [3.05, 3.63) is 0 Å². The van der Waals surface area contributed by atoms with Crippen LogP contribution in [0.1, 0.15) is 39.0 Å². The molecule has 2 N–H and O–H groups in total. The Labute approximate surface area is 68.2 Å². The molecule has 2 heteroatoms. The van der Waals surface area contributed by atoms with E-state index in [1.807, 2.05) is 0 Å². The Balaban J connectivity index is 2.66. The average Bonchev–Trinajstić information content (AvgIpc) is 2.52. The average molecular weight is 155 g/mol. The molecule has 1 fully saturated rings. The van der Waals surface area contributed by atoms with Crippen LogP contribution in [0.5, 0.6) is 0 Å². The Kier molecular flexibility index (Phi) is 2.66. The lowest BCUT2D eigenvalue weighted by Gasteiger charge is -2.24. The van der Waals surface area contributed by atoms with E-state index in [9.17, 15) is 4.79 Å². The number of rotatable bonds is 3. The molecule has 0 bridgehead atoms. The molecular weight excluding hydrogens is 138 g/mol. The van der Waals surface area contributed by atoms with E-state index >= 15 is 0 Å². The number of hydrogen-bond donors (Lipinski definition) is 1. The first-order chi connectivity index (χ1) is 5.25. The zero-order valence-electron chi connectivity index (χ0n) is 7.23. The van der Waals surface area contributed by atoms with Crippen LogP contribution < -0.4 is 5.73 Å². The predicted octanol–water partition coefficient (Wildman–Crippen LogP) is 1.48. The number of nitrogens with two attached hydrogens (primary N) is 1. The summed E-state index contributed by atoms with van der Waals surface area (Å²) in [4.78, 5) is 11.4. The molecule has 0 spiro atoms. The SMILES string of the molecule is CCC1(C(=O)CN)CCCC1. The van der Waals surface area contributed by atoms with E-state index in [1.54, 1.807) is 0 Å². The molecule has 0 amide bonds. The highest BCUT2D eigenvalue weighted by Crippen LogP contribution is 2.41. The van der Waals surface area contributed by atoms with Crippen LogP contribution in [0, 0.1) is 5.41 Å². The molecule has 1 aliphatic rings. The quantitative estimate of drug-likeness (QED) is 0.671. The topological polar surface area (TPSA) is 43.1 Å². The summed E-state index contributed by atoms with van der Waals surface area (Å²) in [7, 11) is 0. The van der Waals surface area contributed by atoms with Crippen LogP contribution in [-0.4, -0.2) is 12.3 Å². The molecule has 2 nitrogen and oxygen atoms in total. The molecule has 1 saturated carbocycles. The van der Waals surface area contributed by atoms with Gasteiger partial charge in [-0.1, -0.05) is 19.8 Å². The van der Waals surface area contributed by atoms with E-state index in [0.717, 1.165) is 19.3 Å². The van der Waals surface area contributed by atoms with Crippen LogP contribution >= 0.6 is 0 Å². The molecule has 0 saturated heterocycles. The van der Waals surface area contributed by atoms with E-state index < -0.39 is 0 Å². The van der Waals surface area contributed by atoms with Gasteiger partial charge < -0.3 is 5.73 Å². The molecule has 0 aromatic heterocycles. The highest BCUT2D eigenvalue weighted by molar-refractivity contribution is 5.86. The minimum atomic E-state index is -0.0191. The third-order valence-corrected chi connectivity index (χ3v) is 3.01. The standard InChI is InChI=1S/C9H17NO/c1-2-9(8(11)7-10)5-3-4-6-9/h2-7,10H2,1H3. The summed E-state index contributed by atoms with van der Waals surface area (Å²) in [5.41, 5.74) is 5.34. The fraction of sp³-hybridized carbons (Fsp3) is 0.889. The minimum Gasteiger partial charge on any atom is -0.324 e. The molecule has 0 aliphatic heterocycles. The van der Waals surface area contributed by atoms with E-state index in [4.69, 9.17) is 5.73 Å². The van der Waals surface area contributed by atoms with Crippen molar-refractivity contribution in [1.29, 1.82) is 0 Å². The summed E-state index contributed by atoms with van der Waals surface area (Å²) in [6, 6.07) is 0. The van der Waals surface area contributed by atoms with Gasteiger partial charge in [0.2, 0.25) is 0 Å². The highest BCUT2D eigenvalue weighted by atomic mass is 16.1. The summed E-state index contributed by atoms with van der Waals surface area (Å²) in [5.74, 6) is 0.275. The Hall–Kier alpha value is -0.370. The first-order valence-electron chi connectivity index (χ1n) is 4.48. The molecule has 11 heavy (non-hydrogen) atoms. The lowest BCUT2D eigenvalue weighted by Crippen LogP contribution is -2.32. The van der Waals surface area contributed by atoms with E-state index in [2.05, 4.69) is 6.92 Å². The van der Waals surface area contributed by atoms with Crippen LogP contribution in [0.3, 0.4) is 0 Å². The number of carbonyl (C=O) groups is 1. The molecule has 0 heterocycles. The second kappa shape index (κ2) is 3.35. The van der Waals surface area contributed by atoms with Crippen LogP contribution in [-0.2, 0) is 4.79 Å².